The Morgan fingerprint density at radius 3 is 2.42 bits per heavy atom. The molecule has 0 spiro atoms. The summed E-state index contributed by atoms with van der Waals surface area (Å²) < 4.78 is 12.3. The van der Waals surface area contributed by atoms with Gasteiger partial charge >= 0.3 is 0 Å². The highest BCUT2D eigenvalue weighted by Crippen LogP contribution is 2.40. The van der Waals surface area contributed by atoms with Crippen LogP contribution in [0.25, 0.3) is 0 Å². The Bertz CT molecular complexity index is 711. The summed E-state index contributed by atoms with van der Waals surface area (Å²) in [7, 11) is 2.98. The van der Waals surface area contributed by atoms with Crippen molar-refractivity contribution < 1.29 is 14.4 Å². The largest absolute Gasteiger partial charge is 0.493 e. The second-order valence-electron chi connectivity index (χ2n) is 5.55. The highest BCUT2D eigenvalue weighted by Gasteiger charge is 2.28. The fourth-order valence-corrected chi connectivity index (χ4v) is 3.04. The van der Waals surface area contributed by atoms with Crippen molar-refractivity contribution in [3.05, 3.63) is 34.6 Å². The molecule has 0 amide bonds. The Labute approximate surface area is 138 Å². The summed E-state index contributed by atoms with van der Waals surface area (Å²) in [5.74, 6) is 0.835. The predicted molar refractivity (Wildman–Crippen MR) is 86.7 cm³/mol. The van der Waals surface area contributed by atoms with Gasteiger partial charge in [0.2, 0.25) is 0 Å². The molecular weight excluding hydrogens is 314 g/mol. The zero-order valence-electron chi connectivity index (χ0n) is 13.6. The van der Waals surface area contributed by atoms with Crippen LogP contribution in [0.2, 0.25) is 0 Å². The van der Waals surface area contributed by atoms with E-state index in [9.17, 15) is 10.1 Å². The normalized spacial score (nSPS) is 15.3. The molecule has 1 aromatic heterocycles. The van der Waals surface area contributed by atoms with E-state index in [4.69, 9.17) is 9.47 Å². The first-order valence-corrected chi connectivity index (χ1v) is 7.65. The number of nitrogens with zero attached hydrogens (tertiary/aromatic N) is 5. The van der Waals surface area contributed by atoms with Gasteiger partial charge in [0, 0.05) is 25.4 Å². The van der Waals surface area contributed by atoms with Crippen LogP contribution in [0.1, 0.15) is 18.9 Å². The number of nitro benzene ring substituents is 1. The van der Waals surface area contributed by atoms with Gasteiger partial charge in [0.1, 0.15) is 5.69 Å². The first-order valence-electron chi connectivity index (χ1n) is 7.65. The van der Waals surface area contributed by atoms with Gasteiger partial charge in [-0.2, -0.15) is 0 Å². The number of anilines is 1. The van der Waals surface area contributed by atoms with Crippen molar-refractivity contribution in [3.63, 3.8) is 0 Å². The predicted octanol–water partition coefficient (Wildman–Crippen LogP) is 2.04. The van der Waals surface area contributed by atoms with Crippen LogP contribution in [0.15, 0.2) is 24.5 Å². The number of rotatable bonds is 5. The lowest BCUT2D eigenvalue weighted by Gasteiger charge is -2.33. The minimum Gasteiger partial charge on any atom is -0.493 e. The van der Waals surface area contributed by atoms with Crippen LogP contribution in [0, 0.1) is 10.1 Å². The van der Waals surface area contributed by atoms with Crippen molar-refractivity contribution in [1.29, 1.82) is 0 Å². The molecule has 2 heterocycles. The lowest BCUT2D eigenvalue weighted by Crippen LogP contribution is -2.35. The highest BCUT2D eigenvalue weighted by molar-refractivity contribution is 5.70. The Morgan fingerprint density at radius 1 is 1.21 bits per heavy atom. The van der Waals surface area contributed by atoms with Gasteiger partial charge in [-0.25, -0.2) is 4.68 Å². The molecule has 0 saturated carbocycles. The van der Waals surface area contributed by atoms with Crippen LogP contribution in [0.5, 0.6) is 11.5 Å². The maximum Gasteiger partial charge on any atom is 0.296 e. The van der Waals surface area contributed by atoms with E-state index in [0.717, 1.165) is 12.8 Å². The molecule has 0 unspecified atom stereocenters. The molecule has 2 aromatic rings. The zero-order valence-corrected chi connectivity index (χ0v) is 13.6. The molecule has 24 heavy (non-hydrogen) atoms. The molecule has 3 rings (SSSR count). The third kappa shape index (κ3) is 2.97. The average molecular weight is 333 g/mol. The summed E-state index contributed by atoms with van der Waals surface area (Å²) in [6.45, 7) is 1.39. The summed E-state index contributed by atoms with van der Waals surface area (Å²) in [5.41, 5.74) is 0.571. The van der Waals surface area contributed by atoms with Gasteiger partial charge < -0.3 is 14.4 Å². The average Bonchev–Trinajstić information content (AvgIpc) is 3.15. The number of piperidine rings is 1. The Balaban J connectivity index is 1.85. The molecule has 9 nitrogen and oxygen atoms in total. The first-order chi connectivity index (χ1) is 11.6. The maximum atomic E-state index is 11.4. The van der Waals surface area contributed by atoms with Gasteiger partial charge in [0.25, 0.3) is 5.69 Å². The van der Waals surface area contributed by atoms with E-state index in [1.807, 2.05) is 15.8 Å². The molecular formula is C15H19N5O4. The van der Waals surface area contributed by atoms with E-state index in [-0.39, 0.29) is 16.7 Å². The molecule has 1 fully saturated rings. The van der Waals surface area contributed by atoms with Crippen molar-refractivity contribution >= 4 is 11.4 Å². The van der Waals surface area contributed by atoms with Gasteiger partial charge in [0.05, 0.1) is 37.4 Å². The Morgan fingerprint density at radius 2 is 1.88 bits per heavy atom. The third-order valence-corrected chi connectivity index (χ3v) is 4.30. The second-order valence-corrected chi connectivity index (χ2v) is 5.55. The van der Waals surface area contributed by atoms with E-state index >= 15 is 0 Å². The van der Waals surface area contributed by atoms with Gasteiger partial charge in [0.15, 0.2) is 11.5 Å². The Kier molecular flexibility index (Phi) is 4.50. The van der Waals surface area contributed by atoms with Gasteiger partial charge in [-0.05, 0) is 12.8 Å². The van der Waals surface area contributed by atoms with Crippen LogP contribution in [-0.4, -0.2) is 47.2 Å². The molecule has 128 valence electrons. The summed E-state index contributed by atoms with van der Waals surface area (Å²) in [6.07, 6.45) is 5.19. The van der Waals surface area contributed by atoms with E-state index in [1.54, 1.807) is 12.3 Å². The summed E-state index contributed by atoms with van der Waals surface area (Å²) in [4.78, 5) is 13.1. The van der Waals surface area contributed by atoms with Crippen LogP contribution in [0.4, 0.5) is 11.4 Å². The SMILES string of the molecule is COc1cc(N2CCC(n3ccnn3)CC2)c([N+](=O)[O-])cc1OC. The van der Waals surface area contributed by atoms with Crippen molar-refractivity contribution in [1.82, 2.24) is 15.0 Å². The number of ether oxygens (including phenoxy) is 2. The standard InChI is InChI=1S/C15H19N5O4/c1-23-14-9-12(13(20(21)22)10-15(14)24-2)18-6-3-11(4-7-18)19-8-5-16-17-19/h5,8-11H,3-4,6-7H2,1-2H3. The number of aromatic nitrogens is 3. The number of benzene rings is 1. The third-order valence-electron chi connectivity index (χ3n) is 4.30. The minimum atomic E-state index is -0.388. The molecule has 0 atom stereocenters. The first kappa shape index (κ1) is 16.0. The molecule has 1 aromatic carbocycles. The number of methoxy groups -OCH3 is 2. The minimum absolute atomic E-state index is 0.0202. The fourth-order valence-electron chi connectivity index (χ4n) is 3.04. The molecule has 0 bridgehead atoms. The molecule has 0 radical (unpaired) electrons. The van der Waals surface area contributed by atoms with Crippen molar-refractivity contribution in [2.24, 2.45) is 0 Å². The van der Waals surface area contributed by atoms with Gasteiger partial charge in [-0.1, -0.05) is 5.21 Å². The molecule has 1 aliphatic heterocycles. The number of nitro groups is 1. The summed E-state index contributed by atoms with van der Waals surface area (Å²) in [5, 5.41) is 19.3. The van der Waals surface area contributed by atoms with Crippen LogP contribution < -0.4 is 14.4 Å². The van der Waals surface area contributed by atoms with Crippen LogP contribution >= 0.6 is 0 Å². The molecule has 9 heteroatoms. The van der Waals surface area contributed by atoms with Crippen LogP contribution in [0.3, 0.4) is 0 Å². The van der Waals surface area contributed by atoms with Crippen molar-refractivity contribution in [2.75, 3.05) is 32.2 Å². The van der Waals surface area contributed by atoms with Gasteiger partial charge in [-0.3, -0.25) is 10.1 Å². The van der Waals surface area contributed by atoms with Crippen LogP contribution in [-0.2, 0) is 0 Å². The monoisotopic (exact) mass is 333 g/mol. The summed E-state index contributed by atoms with van der Waals surface area (Å²) in [6, 6.07) is 3.35. The fraction of sp³-hybridized carbons (Fsp3) is 0.467. The topological polar surface area (TPSA) is 95.5 Å². The zero-order chi connectivity index (χ0) is 17.1. The number of hydrogen-bond acceptors (Lipinski definition) is 7. The van der Waals surface area contributed by atoms with E-state index < -0.39 is 0 Å². The number of hydrogen-bond donors (Lipinski definition) is 0. The maximum absolute atomic E-state index is 11.4. The van der Waals surface area contributed by atoms with E-state index in [1.165, 1.54) is 20.3 Å². The van der Waals surface area contributed by atoms with Crippen molar-refractivity contribution in [3.8, 4) is 11.5 Å². The highest BCUT2D eigenvalue weighted by atomic mass is 16.6. The quantitative estimate of drug-likeness (QED) is 0.610. The van der Waals surface area contributed by atoms with E-state index in [0.29, 0.717) is 30.3 Å². The summed E-state index contributed by atoms with van der Waals surface area (Å²) >= 11 is 0. The molecule has 0 aliphatic carbocycles. The van der Waals surface area contributed by atoms with Gasteiger partial charge in [-0.15, -0.1) is 5.10 Å². The van der Waals surface area contributed by atoms with E-state index in [2.05, 4.69) is 10.3 Å². The molecule has 0 N–H and O–H groups in total. The smallest absolute Gasteiger partial charge is 0.296 e. The molecule has 1 saturated heterocycles. The second kappa shape index (κ2) is 6.73. The Hall–Kier alpha value is -2.84. The lowest BCUT2D eigenvalue weighted by atomic mass is 10.0. The molecule has 1 aliphatic rings. The van der Waals surface area contributed by atoms with Crippen molar-refractivity contribution in [2.45, 2.75) is 18.9 Å². The lowest BCUT2D eigenvalue weighted by molar-refractivity contribution is -0.384.